The number of piperidine rings is 1. The van der Waals surface area contributed by atoms with Gasteiger partial charge in [0.25, 0.3) is 0 Å². The average molecular weight is 314 g/mol. The van der Waals surface area contributed by atoms with E-state index in [0.29, 0.717) is 27.8 Å². The molecule has 0 amide bonds. The van der Waals surface area contributed by atoms with Crippen LogP contribution in [0.3, 0.4) is 0 Å². The van der Waals surface area contributed by atoms with Crippen molar-refractivity contribution < 1.29 is 0 Å². The van der Waals surface area contributed by atoms with Gasteiger partial charge < -0.3 is 10.6 Å². The lowest BCUT2D eigenvalue weighted by Gasteiger charge is -2.48. The van der Waals surface area contributed by atoms with Gasteiger partial charge in [0.15, 0.2) is 0 Å². The molecule has 0 radical (unpaired) electrons. The Labute approximate surface area is 130 Å². The summed E-state index contributed by atoms with van der Waals surface area (Å²) in [6.07, 6.45) is 3.92. The normalized spacial score (nSPS) is 27.4. The van der Waals surface area contributed by atoms with Crippen LogP contribution in [0.25, 0.3) is 0 Å². The number of piperazine rings is 1. The molecule has 2 unspecified atom stereocenters. The highest BCUT2D eigenvalue weighted by Crippen LogP contribution is 2.39. The third kappa shape index (κ3) is 2.59. The van der Waals surface area contributed by atoms with Gasteiger partial charge in [-0.2, -0.15) is 0 Å². The molecule has 2 aliphatic rings. The molecule has 110 valence electrons. The van der Waals surface area contributed by atoms with Crippen LogP contribution in [0.2, 0.25) is 10.0 Å². The minimum Gasteiger partial charge on any atom is -0.399 e. The van der Waals surface area contributed by atoms with Gasteiger partial charge in [-0.05, 0) is 38.4 Å². The molecule has 3 rings (SSSR count). The van der Waals surface area contributed by atoms with Gasteiger partial charge in [0.2, 0.25) is 0 Å². The molecule has 0 spiro atoms. The highest BCUT2D eigenvalue weighted by atomic mass is 35.5. The number of rotatable bonds is 1. The van der Waals surface area contributed by atoms with E-state index in [-0.39, 0.29) is 0 Å². The van der Waals surface area contributed by atoms with E-state index < -0.39 is 0 Å². The molecule has 2 aliphatic heterocycles. The Morgan fingerprint density at radius 2 is 1.85 bits per heavy atom. The van der Waals surface area contributed by atoms with Crippen LogP contribution >= 0.6 is 23.2 Å². The topological polar surface area (TPSA) is 32.5 Å². The minimum atomic E-state index is 0.419. The van der Waals surface area contributed by atoms with Crippen molar-refractivity contribution in [1.82, 2.24) is 4.90 Å². The second kappa shape index (κ2) is 5.63. The molecule has 0 saturated carbocycles. The molecule has 0 aromatic heterocycles. The smallest absolute Gasteiger partial charge is 0.0749 e. The van der Waals surface area contributed by atoms with Crippen molar-refractivity contribution >= 4 is 34.6 Å². The summed E-state index contributed by atoms with van der Waals surface area (Å²) in [6, 6.07) is 4.64. The molecule has 3 nitrogen and oxygen atoms in total. The number of halogens is 2. The van der Waals surface area contributed by atoms with E-state index in [1.54, 1.807) is 12.1 Å². The van der Waals surface area contributed by atoms with Crippen LogP contribution in [0.5, 0.6) is 0 Å². The molecule has 1 aromatic carbocycles. The summed E-state index contributed by atoms with van der Waals surface area (Å²) in [5.41, 5.74) is 7.37. The Hall–Kier alpha value is -0.640. The van der Waals surface area contributed by atoms with Crippen LogP contribution in [0, 0.1) is 0 Å². The molecule has 1 aromatic rings. The average Bonchev–Trinajstić information content (AvgIpc) is 2.38. The molecule has 20 heavy (non-hydrogen) atoms. The number of benzene rings is 1. The first-order chi connectivity index (χ1) is 9.56. The summed E-state index contributed by atoms with van der Waals surface area (Å²) in [7, 11) is 0. The van der Waals surface area contributed by atoms with E-state index in [0.717, 1.165) is 18.8 Å². The van der Waals surface area contributed by atoms with Crippen LogP contribution in [-0.2, 0) is 0 Å². The monoisotopic (exact) mass is 313 g/mol. The summed E-state index contributed by atoms with van der Waals surface area (Å²) in [6.45, 7) is 5.56. The quantitative estimate of drug-likeness (QED) is 0.803. The van der Waals surface area contributed by atoms with Crippen LogP contribution < -0.4 is 10.6 Å². The maximum absolute atomic E-state index is 6.39. The summed E-state index contributed by atoms with van der Waals surface area (Å²) in [5.74, 6) is 0. The Bertz CT molecular complexity index is 483. The Balaban J connectivity index is 1.90. The number of nitrogens with two attached hydrogens (primary N) is 1. The van der Waals surface area contributed by atoms with Crippen molar-refractivity contribution in [3.63, 3.8) is 0 Å². The summed E-state index contributed by atoms with van der Waals surface area (Å²) in [5, 5.41) is 1.32. The first-order valence-electron chi connectivity index (χ1n) is 7.31. The fourth-order valence-electron chi connectivity index (χ4n) is 3.52. The zero-order chi connectivity index (χ0) is 14.3. The maximum atomic E-state index is 6.39. The molecule has 2 saturated heterocycles. The van der Waals surface area contributed by atoms with Gasteiger partial charge in [0, 0.05) is 30.9 Å². The second-order valence-corrected chi connectivity index (χ2v) is 6.79. The minimum absolute atomic E-state index is 0.419. The predicted octanol–water partition coefficient (Wildman–Crippen LogP) is 3.64. The third-order valence-electron chi connectivity index (χ3n) is 4.51. The van der Waals surface area contributed by atoms with E-state index in [9.17, 15) is 0 Å². The van der Waals surface area contributed by atoms with Crippen LogP contribution in [-0.4, -0.2) is 36.6 Å². The van der Waals surface area contributed by atoms with Crippen molar-refractivity contribution in [3.8, 4) is 0 Å². The van der Waals surface area contributed by atoms with E-state index >= 15 is 0 Å². The van der Waals surface area contributed by atoms with Gasteiger partial charge in [-0.3, -0.25) is 4.90 Å². The van der Waals surface area contributed by atoms with Gasteiger partial charge in [-0.1, -0.05) is 29.6 Å². The van der Waals surface area contributed by atoms with Gasteiger partial charge in [0.1, 0.15) is 0 Å². The third-order valence-corrected chi connectivity index (χ3v) is 5.09. The van der Waals surface area contributed by atoms with Crippen LogP contribution in [0.1, 0.15) is 26.2 Å². The van der Waals surface area contributed by atoms with E-state index in [4.69, 9.17) is 28.9 Å². The number of nitrogens with zero attached hydrogens (tertiary/aromatic N) is 2. The number of fused-ring (bicyclic) bond motifs is 1. The van der Waals surface area contributed by atoms with Crippen molar-refractivity contribution in [2.75, 3.05) is 30.3 Å². The van der Waals surface area contributed by atoms with Gasteiger partial charge in [-0.25, -0.2) is 0 Å². The lowest BCUT2D eigenvalue weighted by Crippen LogP contribution is -2.59. The van der Waals surface area contributed by atoms with Gasteiger partial charge in [-0.15, -0.1) is 0 Å². The van der Waals surface area contributed by atoms with Crippen molar-refractivity contribution in [2.45, 2.75) is 38.3 Å². The van der Waals surface area contributed by atoms with Crippen molar-refractivity contribution in [2.24, 2.45) is 0 Å². The van der Waals surface area contributed by atoms with Crippen LogP contribution in [0.15, 0.2) is 12.1 Å². The molecule has 5 heteroatoms. The molecule has 0 aliphatic carbocycles. The first-order valence-corrected chi connectivity index (χ1v) is 8.07. The zero-order valence-electron chi connectivity index (χ0n) is 11.8. The van der Waals surface area contributed by atoms with Gasteiger partial charge in [0.05, 0.1) is 15.7 Å². The molecular weight excluding hydrogens is 293 g/mol. The Morgan fingerprint density at radius 3 is 2.55 bits per heavy atom. The highest BCUT2D eigenvalue weighted by Gasteiger charge is 2.34. The molecule has 0 bridgehead atoms. The van der Waals surface area contributed by atoms with Gasteiger partial charge >= 0.3 is 0 Å². The largest absolute Gasteiger partial charge is 0.399 e. The lowest BCUT2D eigenvalue weighted by atomic mass is 9.96. The zero-order valence-corrected chi connectivity index (χ0v) is 13.3. The molecule has 2 N–H and O–H groups in total. The Kier molecular flexibility index (Phi) is 4.02. The number of hydrogen-bond acceptors (Lipinski definition) is 3. The second-order valence-electron chi connectivity index (χ2n) is 5.98. The molecule has 2 heterocycles. The van der Waals surface area contributed by atoms with Crippen molar-refractivity contribution in [1.29, 1.82) is 0 Å². The molecule has 2 fully saturated rings. The summed E-state index contributed by atoms with van der Waals surface area (Å²) >= 11 is 12.8. The SMILES string of the molecule is CC1CN2CCCCC2CN1c1c(Cl)cc(N)cc1Cl. The van der Waals surface area contributed by atoms with Crippen LogP contribution in [0.4, 0.5) is 11.4 Å². The number of anilines is 2. The molecular formula is C15H21Cl2N3. The summed E-state index contributed by atoms with van der Waals surface area (Å²) in [4.78, 5) is 4.97. The maximum Gasteiger partial charge on any atom is 0.0749 e. The number of hydrogen-bond donors (Lipinski definition) is 1. The van der Waals surface area contributed by atoms with E-state index in [1.165, 1.54) is 25.8 Å². The Morgan fingerprint density at radius 1 is 1.15 bits per heavy atom. The first kappa shape index (κ1) is 14.3. The fraction of sp³-hybridized carbons (Fsp3) is 0.600. The summed E-state index contributed by atoms with van der Waals surface area (Å²) < 4.78 is 0. The molecule has 2 atom stereocenters. The standard InChI is InChI=1S/C15H21Cl2N3/c1-10-8-19-5-3-2-4-12(19)9-20(10)15-13(16)6-11(18)7-14(15)17/h6-7,10,12H,2-5,8-9,18H2,1H3. The van der Waals surface area contributed by atoms with E-state index in [1.807, 2.05) is 0 Å². The highest BCUT2D eigenvalue weighted by molar-refractivity contribution is 6.39. The predicted molar refractivity (Wildman–Crippen MR) is 86.9 cm³/mol. The van der Waals surface area contributed by atoms with Crippen molar-refractivity contribution in [3.05, 3.63) is 22.2 Å². The van der Waals surface area contributed by atoms with E-state index in [2.05, 4.69) is 16.7 Å². The fourth-order valence-corrected chi connectivity index (χ4v) is 4.24. The number of nitrogen functional groups attached to an aromatic ring is 1. The lowest BCUT2D eigenvalue weighted by molar-refractivity contribution is 0.115.